The van der Waals surface area contributed by atoms with Crippen LogP contribution in [0.3, 0.4) is 0 Å². The van der Waals surface area contributed by atoms with Crippen molar-refractivity contribution in [3.8, 4) is 0 Å². The number of carboxylic acid groups (broad SMARTS) is 1. The van der Waals surface area contributed by atoms with E-state index in [9.17, 15) is 14.7 Å². The van der Waals surface area contributed by atoms with Crippen molar-refractivity contribution in [1.82, 2.24) is 15.3 Å². The monoisotopic (exact) mass is 311 g/mol. The summed E-state index contributed by atoms with van der Waals surface area (Å²) in [5.41, 5.74) is 0.284. The molecule has 7 heteroatoms. The van der Waals surface area contributed by atoms with Crippen molar-refractivity contribution >= 4 is 23.6 Å². The molecule has 1 atom stereocenters. The summed E-state index contributed by atoms with van der Waals surface area (Å²) in [6, 6.07) is -0.986. The summed E-state index contributed by atoms with van der Waals surface area (Å²) in [6.45, 7) is 8.76. The van der Waals surface area contributed by atoms with Crippen molar-refractivity contribution in [2.24, 2.45) is 5.41 Å². The van der Waals surface area contributed by atoms with Crippen LogP contribution in [0.2, 0.25) is 0 Å². The lowest BCUT2D eigenvalue weighted by Gasteiger charge is -2.28. The van der Waals surface area contributed by atoms with E-state index < -0.39 is 23.3 Å². The van der Waals surface area contributed by atoms with Crippen LogP contribution >= 0.6 is 11.8 Å². The van der Waals surface area contributed by atoms with Crippen LogP contribution in [0.15, 0.2) is 5.03 Å². The Morgan fingerprint density at radius 3 is 2.24 bits per heavy atom. The van der Waals surface area contributed by atoms with E-state index in [1.165, 1.54) is 11.8 Å². The van der Waals surface area contributed by atoms with Crippen molar-refractivity contribution in [3.05, 3.63) is 17.1 Å². The number of aryl methyl sites for hydroxylation is 2. The summed E-state index contributed by atoms with van der Waals surface area (Å²) >= 11 is 1.34. The fraction of sp³-hybridized carbons (Fsp3) is 0.571. The molecule has 0 unspecified atom stereocenters. The first-order valence-corrected chi connectivity index (χ1v) is 7.73. The van der Waals surface area contributed by atoms with E-state index >= 15 is 0 Å². The standard InChI is InChI=1S/C14H21N3O3S/c1-7-9(12(21-6)16-8(2)15-7)11(18)17-10(13(19)20)14(3,4)5/h10H,1-6H3,(H,17,18)(H,19,20)/t10-/m1/s1. The Kier molecular flexibility index (Phi) is 5.33. The average Bonchev–Trinajstić information content (AvgIpc) is 2.32. The Morgan fingerprint density at radius 2 is 1.81 bits per heavy atom. The fourth-order valence-electron chi connectivity index (χ4n) is 1.94. The van der Waals surface area contributed by atoms with Crippen molar-refractivity contribution in [3.63, 3.8) is 0 Å². The summed E-state index contributed by atoms with van der Waals surface area (Å²) in [7, 11) is 0. The second-order valence-corrected chi connectivity index (χ2v) is 6.65. The molecule has 1 aromatic rings. The third-order valence-corrected chi connectivity index (χ3v) is 3.66. The van der Waals surface area contributed by atoms with Gasteiger partial charge in [0, 0.05) is 0 Å². The van der Waals surface area contributed by atoms with Gasteiger partial charge in [0.15, 0.2) is 0 Å². The maximum Gasteiger partial charge on any atom is 0.326 e. The Bertz CT molecular complexity index is 567. The number of nitrogens with one attached hydrogen (secondary N) is 1. The normalized spacial score (nSPS) is 12.9. The molecule has 0 aliphatic carbocycles. The maximum atomic E-state index is 12.5. The van der Waals surface area contributed by atoms with Crippen LogP contribution in [0.1, 0.15) is 42.6 Å². The van der Waals surface area contributed by atoms with E-state index in [2.05, 4.69) is 15.3 Å². The lowest BCUT2D eigenvalue weighted by atomic mass is 9.86. The molecule has 0 saturated heterocycles. The fourth-order valence-corrected chi connectivity index (χ4v) is 2.61. The van der Waals surface area contributed by atoms with Crippen LogP contribution in [0.4, 0.5) is 0 Å². The molecule has 6 nitrogen and oxygen atoms in total. The maximum absolute atomic E-state index is 12.5. The first-order valence-electron chi connectivity index (χ1n) is 6.50. The van der Waals surface area contributed by atoms with Crippen LogP contribution in [-0.2, 0) is 4.79 Å². The summed E-state index contributed by atoms with van der Waals surface area (Å²) in [6.07, 6.45) is 1.82. The largest absolute Gasteiger partial charge is 0.480 e. The number of thioether (sulfide) groups is 1. The predicted molar refractivity (Wildman–Crippen MR) is 81.6 cm³/mol. The SMILES string of the molecule is CSc1nc(C)nc(C)c1C(=O)N[C@H](C(=O)O)C(C)(C)C. The van der Waals surface area contributed by atoms with Gasteiger partial charge in [-0.05, 0) is 25.5 Å². The highest BCUT2D eigenvalue weighted by molar-refractivity contribution is 7.98. The highest BCUT2D eigenvalue weighted by Crippen LogP contribution is 2.23. The summed E-state index contributed by atoms with van der Waals surface area (Å²) < 4.78 is 0. The smallest absolute Gasteiger partial charge is 0.326 e. The van der Waals surface area contributed by atoms with Gasteiger partial charge in [0.2, 0.25) is 0 Å². The zero-order valence-corrected chi connectivity index (χ0v) is 14.0. The van der Waals surface area contributed by atoms with Gasteiger partial charge in [0.25, 0.3) is 5.91 Å². The van der Waals surface area contributed by atoms with Gasteiger partial charge in [-0.25, -0.2) is 14.8 Å². The minimum Gasteiger partial charge on any atom is -0.480 e. The Labute approximate surface area is 128 Å². The molecule has 116 valence electrons. The van der Waals surface area contributed by atoms with E-state index in [0.717, 1.165) is 0 Å². The number of rotatable bonds is 4. The van der Waals surface area contributed by atoms with E-state index in [4.69, 9.17) is 0 Å². The van der Waals surface area contributed by atoms with Gasteiger partial charge in [0.05, 0.1) is 11.3 Å². The molecule has 1 aromatic heterocycles. The second kappa shape index (κ2) is 6.43. The number of carboxylic acids is 1. The zero-order chi connectivity index (χ0) is 16.4. The van der Waals surface area contributed by atoms with Gasteiger partial charge in [-0.15, -0.1) is 11.8 Å². The Hall–Kier alpha value is -1.63. The van der Waals surface area contributed by atoms with Crippen LogP contribution in [0, 0.1) is 19.3 Å². The lowest BCUT2D eigenvalue weighted by molar-refractivity contribution is -0.142. The topological polar surface area (TPSA) is 92.2 Å². The molecule has 2 N–H and O–H groups in total. The second-order valence-electron chi connectivity index (χ2n) is 5.85. The van der Waals surface area contributed by atoms with E-state index in [0.29, 0.717) is 22.1 Å². The third kappa shape index (κ3) is 4.17. The zero-order valence-electron chi connectivity index (χ0n) is 13.1. The molecule has 0 aliphatic heterocycles. The first kappa shape index (κ1) is 17.4. The van der Waals surface area contributed by atoms with Crippen LogP contribution in [0.5, 0.6) is 0 Å². The van der Waals surface area contributed by atoms with Crippen LogP contribution < -0.4 is 5.32 Å². The summed E-state index contributed by atoms with van der Waals surface area (Å²) in [5.74, 6) is -0.939. The molecular formula is C14H21N3O3S. The molecule has 0 aliphatic rings. The van der Waals surface area contributed by atoms with Gasteiger partial charge >= 0.3 is 5.97 Å². The van der Waals surface area contributed by atoms with Gasteiger partial charge < -0.3 is 10.4 Å². The van der Waals surface area contributed by atoms with Gasteiger partial charge in [-0.1, -0.05) is 20.8 Å². The van der Waals surface area contributed by atoms with Crippen molar-refractivity contribution in [1.29, 1.82) is 0 Å². The Morgan fingerprint density at radius 1 is 1.24 bits per heavy atom. The van der Waals surface area contributed by atoms with Gasteiger partial charge in [0.1, 0.15) is 16.9 Å². The van der Waals surface area contributed by atoms with Crippen LogP contribution in [-0.4, -0.2) is 39.2 Å². The summed E-state index contributed by atoms with van der Waals surface area (Å²) in [5, 5.41) is 12.4. The molecule has 0 fully saturated rings. The predicted octanol–water partition coefficient (Wildman–Crippen LogP) is 2.04. The molecule has 21 heavy (non-hydrogen) atoms. The van der Waals surface area contributed by atoms with Gasteiger partial charge in [-0.2, -0.15) is 0 Å². The van der Waals surface area contributed by atoms with E-state index in [-0.39, 0.29) is 0 Å². The molecule has 0 bridgehead atoms. The minimum absolute atomic E-state index is 0.337. The highest BCUT2D eigenvalue weighted by atomic mass is 32.2. The number of amides is 1. The quantitative estimate of drug-likeness (QED) is 0.653. The van der Waals surface area contributed by atoms with E-state index in [1.807, 2.05) is 6.26 Å². The number of aliphatic carboxylic acids is 1. The van der Waals surface area contributed by atoms with Crippen LogP contribution in [0.25, 0.3) is 0 Å². The Balaban J connectivity index is 3.18. The third-order valence-electron chi connectivity index (χ3n) is 2.98. The minimum atomic E-state index is -1.06. The number of carbonyl (C=O) groups is 2. The molecule has 0 radical (unpaired) electrons. The number of aromatic nitrogens is 2. The van der Waals surface area contributed by atoms with E-state index in [1.54, 1.807) is 34.6 Å². The highest BCUT2D eigenvalue weighted by Gasteiger charge is 2.33. The number of nitrogens with zero attached hydrogens (tertiary/aromatic N) is 2. The molecule has 1 heterocycles. The number of hydrogen-bond acceptors (Lipinski definition) is 5. The molecule has 0 spiro atoms. The van der Waals surface area contributed by atoms with Gasteiger partial charge in [-0.3, -0.25) is 4.79 Å². The number of carbonyl (C=O) groups excluding carboxylic acids is 1. The molecule has 1 rings (SSSR count). The molecule has 1 amide bonds. The summed E-state index contributed by atoms with van der Waals surface area (Å²) in [4.78, 5) is 32.2. The lowest BCUT2D eigenvalue weighted by Crippen LogP contribution is -2.49. The van der Waals surface area contributed by atoms with Crippen molar-refractivity contribution in [2.75, 3.05) is 6.26 Å². The number of hydrogen-bond donors (Lipinski definition) is 2. The molecular weight excluding hydrogens is 290 g/mol. The van der Waals surface area contributed by atoms with Crippen molar-refractivity contribution < 1.29 is 14.7 Å². The molecule has 0 saturated carbocycles. The van der Waals surface area contributed by atoms with Crippen molar-refractivity contribution in [2.45, 2.75) is 45.7 Å². The average molecular weight is 311 g/mol. The first-order chi connectivity index (χ1) is 9.57. The molecule has 0 aromatic carbocycles.